The van der Waals surface area contributed by atoms with Gasteiger partial charge in [0, 0.05) is 23.1 Å². The van der Waals surface area contributed by atoms with Crippen LogP contribution in [0.25, 0.3) is 10.9 Å². The van der Waals surface area contributed by atoms with Gasteiger partial charge in [-0.05, 0) is 38.4 Å². The molecule has 0 saturated carbocycles. The van der Waals surface area contributed by atoms with Crippen molar-refractivity contribution in [1.29, 1.82) is 0 Å². The summed E-state index contributed by atoms with van der Waals surface area (Å²) in [7, 11) is 5.81. The third-order valence-electron chi connectivity index (χ3n) is 2.37. The molecular formula is C12H16N2O. The minimum atomic E-state index is 0.901. The van der Waals surface area contributed by atoms with Crippen LogP contribution >= 0.6 is 0 Å². The van der Waals surface area contributed by atoms with Crippen LogP contribution in [0.15, 0.2) is 24.3 Å². The Bertz CT molecular complexity index is 460. The number of aromatic nitrogens is 1. The Hall–Kier alpha value is -1.48. The molecule has 15 heavy (non-hydrogen) atoms. The van der Waals surface area contributed by atoms with Crippen LogP contribution in [0.1, 0.15) is 5.69 Å². The quantitative estimate of drug-likeness (QED) is 0.830. The molecule has 0 radical (unpaired) electrons. The van der Waals surface area contributed by atoms with E-state index in [1.807, 2.05) is 18.2 Å². The lowest BCUT2D eigenvalue weighted by Gasteiger charge is -2.06. The van der Waals surface area contributed by atoms with E-state index in [9.17, 15) is 0 Å². The number of H-pyrrole nitrogens is 1. The summed E-state index contributed by atoms with van der Waals surface area (Å²) in [5.41, 5.74) is 2.39. The summed E-state index contributed by atoms with van der Waals surface area (Å²) in [4.78, 5) is 5.52. The third kappa shape index (κ3) is 2.13. The molecule has 3 heteroatoms. The summed E-state index contributed by atoms with van der Waals surface area (Å²) < 4.78 is 5.19. The molecule has 0 amide bonds. The van der Waals surface area contributed by atoms with Crippen LogP contribution in [-0.4, -0.2) is 31.1 Å². The lowest BCUT2D eigenvalue weighted by Crippen LogP contribution is -2.10. The summed E-state index contributed by atoms with van der Waals surface area (Å²) >= 11 is 0. The number of aromatic amines is 1. The number of fused-ring (bicyclic) bond motifs is 1. The molecular weight excluding hydrogens is 188 g/mol. The molecule has 1 aromatic carbocycles. The Labute approximate surface area is 89.7 Å². The molecule has 0 bridgehead atoms. The van der Waals surface area contributed by atoms with Crippen LogP contribution in [-0.2, 0) is 6.54 Å². The van der Waals surface area contributed by atoms with E-state index in [1.54, 1.807) is 7.11 Å². The molecule has 3 nitrogen and oxygen atoms in total. The maximum Gasteiger partial charge on any atom is 0.119 e. The van der Waals surface area contributed by atoms with Crippen LogP contribution in [0.5, 0.6) is 5.75 Å². The summed E-state index contributed by atoms with van der Waals surface area (Å²) in [6.45, 7) is 0.928. The van der Waals surface area contributed by atoms with Crippen molar-refractivity contribution in [2.75, 3.05) is 21.2 Å². The van der Waals surface area contributed by atoms with Gasteiger partial charge in [-0.25, -0.2) is 0 Å². The molecule has 0 aliphatic rings. The maximum absolute atomic E-state index is 5.19. The lowest BCUT2D eigenvalue weighted by atomic mass is 10.2. The number of benzene rings is 1. The van der Waals surface area contributed by atoms with Crippen LogP contribution in [0.4, 0.5) is 0 Å². The number of rotatable bonds is 3. The highest BCUT2D eigenvalue weighted by molar-refractivity contribution is 5.81. The zero-order valence-corrected chi connectivity index (χ0v) is 9.37. The minimum Gasteiger partial charge on any atom is -0.497 e. The molecule has 2 rings (SSSR count). The highest BCUT2D eigenvalue weighted by Crippen LogP contribution is 2.21. The number of nitrogens with one attached hydrogen (secondary N) is 1. The maximum atomic E-state index is 5.19. The molecule has 1 heterocycles. The van der Waals surface area contributed by atoms with Gasteiger partial charge >= 0.3 is 0 Å². The van der Waals surface area contributed by atoms with Crippen molar-refractivity contribution in [3.8, 4) is 5.75 Å². The third-order valence-corrected chi connectivity index (χ3v) is 2.37. The van der Waals surface area contributed by atoms with Crippen molar-refractivity contribution in [2.24, 2.45) is 0 Å². The largest absolute Gasteiger partial charge is 0.497 e. The molecule has 0 unspecified atom stereocenters. The lowest BCUT2D eigenvalue weighted by molar-refractivity contribution is 0.398. The van der Waals surface area contributed by atoms with Crippen molar-refractivity contribution in [3.05, 3.63) is 30.0 Å². The second kappa shape index (κ2) is 3.95. The number of methoxy groups -OCH3 is 1. The second-order valence-corrected chi connectivity index (χ2v) is 3.99. The number of nitrogens with zero attached hydrogens (tertiary/aromatic N) is 1. The number of hydrogen-bond acceptors (Lipinski definition) is 2. The van der Waals surface area contributed by atoms with Gasteiger partial charge < -0.3 is 14.6 Å². The fraction of sp³-hybridized carbons (Fsp3) is 0.333. The fourth-order valence-electron chi connectivity index (χ4n) is 1.72. The molecule has 0 saturated heterocycles. The van der Waals surface area contributed by atoms with Gasteiger partial charge in [-0.2, -0.15) is 0 Å². The average Bonchev–Trinajstić information content (AvgIpc) is 2.57. The van der Waals surface area contributed by atoms with Crippen molar-refractivity contribution >= 4 is 10.9 Å². The highest BCUT2D eigenvalue weighted by atomic mass is 16.5. The molecule has 0 fully saturated rings. The summed E-state index contributed by atoms with van der Waals surface area (Å²) in [5, 5.41) is 1.20. The number of hydrogen-bond donors (Lipinski definition) is 1. The molecule has 0 spiro atoms. The molecule has 2 aromatic rings. The Morgan fingerprint density at radius 3 is 2.73 bits per heavy atom. The van der Waals surface area contributed by atoms with Gasteiger partial charge in [0.15, 0.2) is 0 Å². The monoisotopic (exact) mass is 204 g/mol. The zero-order chi connectivity index (χ0) is 10.8. The normalized spacial score (nSPS) is 11.2. The molecule has 1 N–H and O–H groups in total. The van der Waals surface area contributed by atoms with Crippen LogP contribution in [0.2, 0.25) is 0 Å². The predicted octanol–water partition coefficient (Wildman–Crippen LogP) is 2.24. The Morgan fingerprint density at radius 1 is 1.27 bits per heavy atom. The Kier molecular flexibility index (Phi) is 2.64. The SMILES string of the molecule is COc1ccc2[nH]c(CN(C)C)cc2c1. The van der Waals surface area contributed by atoms with E-state index in [2.05, 4.69) is 30.0 Å². The number of ether oxygens (including phenoxy) is 1. The van der Waals surface area contributed by atoms with Gasteiger partial charge in [0.1, 0.15) is 5.75 Å². The van der Waals surface area contributed by atoms with Crippen molar-refractivity contribution in [3.63, 3.8) is 0 Å². The van der Waals surface area contributed by atoms with Gasteiger partial charge in [-0.15, -0.1) is 0 Å². The summed E-state index contributed by atoms with van der Waals surface area (Å²) in [6, 6.07) is 8.23. The smallest absolute Gasteiger partial charge is 0.119 e. The van der Waals surface area contributed by atoms with Crippen molar-refractivity contribution in [2.45, 2.75) is 6.54 Å². The molecule has 1 aromatic heterocycles. The van der Waals surface area contributed by atoms with Crippen molar-refractivity contribution < 1.29 is 4.74 Å². The van der Waals surface area contributed by atoms with E-state index in [0.717, 1.165) is 17.8 Å². The zero-order valence-electron chi connectivity index (χ0n) is 9.37. The van der Waals surface area contributed by atoms with Crippen LogP contribution in [0, 0.1) is 0 Å². The Balaban J connectivity index is 2.37. The van der Waals surface area contributed by atoms with Gasteiger partial charge in [0.2, 0.25) is 0 Å². The second-order valence-electron chi connectivity index (χ2n) is 3.99. The van der Waals surface area contributed by atoms with E-state index >= 15 is 0 Å². The van der Waals surface area contributed by atoms with Gasteiger partial charge in [-0.3, -0.25) is 0 Å². The Morgan fingerprint density at radius 2 is 2.07 bits per heavy atom. The standard InChI is InChI=1S/C12H16N2O/c1-14(2)8-10-6-9-7-11(15-3)4-5-12(9)13-10/h4-7,13H,8H2,1-3H3. The first-order valence-corrected chi connectivity index (χ1v) is 4.99. The molecule has 0 atom stereocenters. The molecule has 0 aliphatic heterocycles. The fourth-order valence-corrected chi connectivity index (χ4v) is 1.72. The van der Waals surface area contributed by atoms with E-state index in [0.29, 0.717) is 0 Å². The summed E-state index contributed by atoms with van der Waals surface area (Å²) in [6.07, 6.45) is 0. The van der Waals surface area contributed by atoms with Crippen molar-refractivity contribution in [1.82, 2.24) is 9.88 Å². The van der Waals surface area contributed by atoms with Gasteiger partial charge in [0.25, 0.3) is 0 Å². The van der Waals surface area contributed by atoms with E-state index < -0.39 is 0 Å². The van der Waals surface area contributed by atoms with E-state index in [1.165, 1.54) is 11.1 Å². The predicted molar refractivity (Wildman–Crippen MR) is 62.2 cm³/mol. The first-order chi connectivity index (χ1) is 7.19. The minimum absolute atomic E-state index is 0.901. The van der Waals surface area contributed by atoms with Crippen LogP contribution in [0.3, 0.4) is 0 Å². The first-order valence-electron chi connectivity index (χ1n) is 4.99. The highest BCUT2D eigenvalue weighted by Gasteiger charge is 2.02. The molecule has 80 valence electrons. The first kappa shape index (κ1) is 10.1. The van der Waals surface area contributed by atoms with Gasteiger partial charge in [-0.1, -0.05) is 0 Å². The average molecular weight is 204 g/mol. The summed E-state index contributed by atoms with van der Waals surface area (Å²) in [5.74, 6) is 0.901. The van der Waals surface area contributed by atoms with E-state index in [-0.39, 0.29) is 0 Å². The molecule has 0 aliphatic carbocycles. The van der Waals surface area contributed by atoms with Gasteiger partial charge in [0.05, 0.1) is 7.11 Å². The topological polar surface area (TPSA) is 28.3 Å². The van der Waals surface area contributed by atoms with Crippen LogP contribution < -0.4 is 4.74 Å². The van der Waals surface area contributed by atoms with E-state index in [4.69, 9.17) is 4.74 Å².